The van der Waals surface area contributed by atoms with Gasteiger partial charge in [-0.3, -0.25) is 9.36 Å². The van der Waals surface area contributed by atoms with Crippen molar-refractivity contribution in [1.29, 1.82) is 0 Å². The molecule has 0 spiro atoms. The van der Waals surface area contributed by atoms with Crippen LogP contribution < -0.4 is 10.1 Å². The summed E-state index contributed by atoms with van der Waals surface area (Å²) in [6.45, 7) is 0. The van der Waals surface area contributed by atoms with E-state index in [1.807, 2.05) is 41.0 Å². The molecule has 33 heavy (non-hydrogen) atoms. The number of nitrogens with zero attached hydrogens (tertiary/aromatic N) is 3. The summed E-state index contributed by atoms with van der Waals surface area (Å²) >= 11 is 19.3. The van der Waals surface area contributed by atoms with Gasteiger partial charge < -0.3 is 10.1 Å². The van der Waals surface area contributed by atoms with Crippen LogP contribution in [-0.4, -0.2) is 33.5 Å². The molecule has 6 nitrogen and oxygen atoms in total. The fraction of sp³-hybridized carbons (Fsp3) is 0.0870. The lowest BCUT2D eigenvalue weighted by atomic mass is 10.2. The Hall–Kier alpha value is -2.71. The highest BCUT2D eigenvalue weighted by Crippen LogP contribution is 2.30. The Morgan fingerprint density at radius 3 is 2.36 bits per heavy atom. The van der Waals surface area contributed by atoms with Crippen molar-refractivity contribution in [2.45, 2.75) is 5.16 Å². The zero-order valence-corrected chi connectivity index (χ0v) is 20.3. The zero-order chi connectivity index (χ0) is 23.4. The number of rotatable bonds is 7. The molecule has 0 saturated carbocycles. The van der Waals surface area contributed by atoms with Crippen molar-refractivity contribution in [1.82, 2.24) is 14.8 Å². The molecule has 0 saturated heterocycles. The first-order chi connectivity index (χ1) is 15.9. The van der Waals surface area contributed by atoms with Crippen LogP contribution in [0.4, 0.5) is 5.69 Å². The predicted molar refractivity (Wildman–Crippen MR) is 134 cm³/mol. The number of halogens is 3. The standard InChI is InChI=1S/C23H17Cl3N4O2S/c1-32-18-9-7-17(8-10-18)30-22(14-2-4-15(24)5-3-14)28-29-23(30)33-13-21(31)27-16-6-11-19(25)20(26)12-16/h2-12H,13H2,1H3,(H,27,31). The van der Waals surface area contributed by atoms with Gasteiger partial charge in [-0.05, 0) is 66.7 Å². The number of carbonyl (C=O) groups excluding carboxylic acids is 1. The average molecular weight is 520 g/mol. The van der Waals surface area contributed by atoms with Crippen LogP contribution in [0.15, 0.2) is 71.9 Å². The molecule has 1 aromatic heterocycles. The second kappa shape index (κ2) is 10.5. The molecule has 1 N–H and O–H groups in total. The minimum absolute atomic E-state index is 0.120. The molecule has 10 heteroatoms. The van der Waals surface area contributed by atoms with Gasteiger partial charge in [0.1, 0.15) is 5.75 Å². The summed E-state index contributed by atoms with van der Waals surface area (Å²) in [5.41, 5.74) is 2.24. The average Bonchev–Trinajstić information content (AvgIpc) is 3.24. The summed E-state index contributed by atoms with van der Waals surface area (Å²) in [6.07, 6.45) is 0. The molecule has 3 aromatic carbocycles. The number of hydrogen-bond donors (Lipinski definition) is 1. The Morgan fingerprint density at radius 1 is 0.970 bits per heavy atom. The number of amides is 1. The van der Waals surface area contributed by atoms with E-state index in [0.717, 1.165) is 17.0 Å². The van der Waals surface area contributed by atoms with Crippen LogP contribution in [0.2, 0.25) is 15.1 Å². The normalized spacial score (nSPS) is 10.8. The number of aromatic nitrogens is 3. The van der Waals surface area contributed by atoms with E-state index in [0.29, 0.717) is 31.7 Å². The lowest BCUT2D eigenvalue weighted by Gasteiger charge is -2.11. The minimum Gasteiger partial charge on any atom is -0.497 e. The smallest absolute Gasteiger partial charge is 0.234 e. The highest BCUT2D eigenvalue weighted by Gasteiger charge is 2.18. The molecule has 0 aliphatic carbocycles. The summed E-state index contributed by atoms with van der Waals surface area (Å²) in [6, 6.07) is 19.8. The van der Waals surface area contributed by atoms with Crippen molar-refractivity contribution in [2.24, 2.45) is 0 Å². The topological polar surface area (TPSA) is 69.0 Å². The summed E-state index contributed by atoms with van der Waals surface area (Å²) in [4.78, 5) is 12.5. The van der Waals surface area contributed by atoms with E-state index >= 15 is 0 Å². The Bertz CT molecular complexity index is 1280. The van der Waals surface area contributed by atoms with Gasteiger partial charge in [-0.15, -0.1) is 10.2 Å². The molecular formula is C23H17Cl3N4O2S. The quantitative estimate of drug-likeness (QED) is 0.277. The van der Waals surface area contributed by atoms with Crippen LogP contribution in [0.3, 0.4) is 0 Å². The molecule has 0 fully saturated rings. The summed E-state index contributed by atoms with van der Waals surface area (Å²) < 4.78 is 7.15. The van der Waals surface area contributed by atoms with E-state index in [9.17, 15) is 4.79 Å². The van der Waals surface area contributed by atoms with E-state index in [4.69, 9.17) is 39.5 Å². The first kappa shape index (κ1) is 23.4. The van der Waals surface area contributed by atoms with Gasteiger partial charge in [0.05, 0.1) is 22.9 Å². The third-order valence-corrected chi connectivity index (χ3v) is 6.52. The SMILES string of the molecule is COc1ccc(-n2c(SCC(=O)Nc3ccc(Cl)c(Cl)c3)nnc2-c2ccc(Cl)cc2)cc1. The van der Waals surface area contributed by atoms with Crippen molar-refractivity contribution in [3.63, 3.8) is 0 Å². The van der Waals surface area contributed by atoms with Gasteiger partial charge in [0.2, 0.25) is 5.91 Å². The second-order valence-electron chi connectivity index (χ2n) is 6.81. The van der Waals surface area contributed by atoms with E-state index in [1.165, 1.54) is 11.8 Å². The molecule has 4 rings (SSSR count). The van der Waals surface area contributed by atoms with Crippen molar-refractivity contribution in [2.75, 3.05) is 18.2 Å². The molecule has 1 heterocycles. The van der Waals surface area contributed by atoms with Crippen LogP contribution >= 0.6 is 46.6 Å². The minimum atomic E-state index is -0.212. The lowest BCUT2D eigenvalue weighted by molar-refractivity contribution is -0.113. The zero-order valence-electron chi connectivity index (χ0n) is 17.3. The fourth-order valence-corrected chi connectivity index (χ4v) is 4.19. The highest BCUT2D eigenvalue weighted by molar-refractivity contribution is 7.99. The van der Waals surface area contributed by atoms with Crippen molar-refractivity contribution in [3.05, 3.63) is 81.8 Å². The molecule has 1 amide bonds. The number of hydrogen-bond acceptors (Lipinski definition) is 5. The second-order valence-corrected chi connectivity index (χ2v) is 9.01. The van der Waals surface area contributed by atoms with Gasteiger partial charge in [-0.25, -0.2) is 0 Å². The third kappa shape index (κ3) is 5.62. The Balaban J connectivity index is 1.59. The lowest BCUT2D eigenvalue weighted by Crippen LogP contribution is -2.14. The van der Waals surface area contributed by atoms with E-state index < -0.39 is 0 Å². The molecule has 0 bridgehead atoms. The van der Waals surface area contributed by atoms with Crippen LogP contribution in [0, 0.1) is 0 Å². The largest absolute Gasteiger partial charge is 0.497 e. The summed E-state index contributed by atoms with van der Waals surface area (Å²) in [7, 11) is 1.61. The highest BCUT2D eigenvalue weighted by atomic mass is 35.5. The van der Waals surface area contributed by atoms with Gasteiger partial charge in [0.25, 0.3) is 0 Å². The van der Waals surface area contributed by atoms with Gasteiger partial charge >= 0.3 is 0 Å². The van der Waals surface area contributed by atoms with Crippen molar-refractivity contribution < 1.29 is 9.53 Å². The molecular weight excluding hydrogens is 503 g/mol. The number of methoxy groups -OCH3 is 1. The molecule has 0 aliphatic heterocycles. The number of carbonyl (C=O) groups is 1. The van der Waals surface area contributed by atoms with E-state index in [-0.39, 0.29) is 11.7 Å². The molecule has 0 radical (unpaired) electrons. The van der Waals surface area contributed by atoms with E-state index in [2.05, 4.69) is 15.5 Å². The van der Waals surface area contributed by atoms with Crippen molar-refractivity contribution >= 4 is 58.2 Å². The maximum Gasteiger partial charge on any atom is 0.234 e. The van der Waals surface area contributed by atoms with Gasteiger partial charge in [-0.1, -0.05) is 46.6 Å². The summed E-state index contributed by atoms with van der Waals surface area (Å²) in [5.74, 6) is 1.27. The van der Waals surface area contributed by atoms with Crippen molar-refractivity contribution in [3.8, 4) is 22.8 Å². The molecule has 0 aliphatic rings. The Morgan fingerprint density at radius 2 is 1.70 bits per heavy atom. The molecule has 0 atom stereocenters. The number of benzene rings is 3. The van der Waals surface area contributed by atoms with Crippen LogP contribution in [-0.2, 0) is 4.79 Å². The Kier molecular flexibility index (Phi) is 7.45. The molecule has 168 valence electrons. The van der Waals surface area contributed by atoms with Crippen LogP contribution in [0.1, 0.15) is 0 Å². The van der Waals surface area contributed by atoms with Crippen LogP contribution in [0.5, 0.6) is 5.75 Å². The first-order valence-corrected chi connectivity index (χ1v) is 11.8. The van der Waals surface area contributed by atoms with Gasteiger partial charge in [0.15, 0.2) is 11.0 Å². The fourth-order valence-electron chi connectivity index (χ4n) is 3.01. The first-order valence-electron chi connectivity index (χ1n) is 9.68. The molecule has 0 unspecified atom stereocenters. The van der Waals surface area contributed by atoms with Gasteiger partial charge in [0, 0.05) is 22.0 Å². The third-order valence-electron chi connectivity index (χ3n) is 4.60. The van der Waals surface area contributed by atoms with Gasteiger partial charge in [-0.2, -0.15) is 0 Å². The number of ether oxygens (including phenoxy) is 1. The summed E-state index contributed by atoms with van der Waals surface area (Å²) in [5, 5.41) is 13.5. The number of thioether (sulfide) groups is 1. The predicted octanol–water partition coefficient (Wildman–Crippen LogP) is 6.63. The maximum atomic E-state index is 12.5. The van der Waals surface area contributed by atoms with E-state index in [1.54, 1.807) is 37.4 Å². The number of anilines is 1. The van der Waals surface area contributed by atoms with Crippen LogP contribution in [0.25, 0.3) is 17.1 Å². The maximum absolute atomic E-state index is 12.5. The molecule has 4 aromatic rings. The number of nitrogens with one attached hydrogen (secondary N) is 1. The Labute approximate surface area is 209 Å². The monoisotopic (exact) mass is 518 g/mol.